The first-order valence-electron chi connectivity index (χ1n) is 7.73. The van der Waals surface area contributed by atoms with Crippen molar-refractivity contribution in [2.24, 2.45) is 0 Å². The lowest BCUT2D eigenvalue weighted by Gasteiger charge is -2.13. The number of hydrogen-bond donors (Lipinski definition) is 1. The molecular formula is C18H16ClN3O4. The van der Waals surface area contributed by atoms with Crippen LogP contribution in [0.15, 0.2) is 52.4 Å². The number of carbonyl (C=O) groups is 1. The molecule has 8 heteroatoms. The van der Waals surface area contributed by atoms with Crippen molar-refractivity contribution in [3.05, 3.63) is 79.6 Å². The second-order valence-corrected chi connectivity index (χ2v) is 6.47. The van der Waals surface area contributed by atoms with Crippen LogP contribution in [0.1, 0.15) is 15.9 Å². The highest BCUT2D eigenvalue weighted by Gasteiger charge is 2.20. The first-order chi connectivity index (χ1) is 12.3. The molecule has 0 aliphatic carbocycles. The highest BCUT2D eigenvalue weighted by Crippen LogP contribution is 2.14. The Morgan fingerprint density at radius 2 is 1.96 bits per heavy atom. The summed E-state index contributed by atoms with van der Waals surface area (Å²) in [6.45, 7) is 0.224. The highest BCUT2D eigenvalue weighted by atomic mass is 35.5. The van der Waals surface area contributed by atoms with E-state index in [4.69, 9.17) is 11.6 Å². The number of rotatable bonds is 3. The Labute approximate surface area is 153 Å². The Hall–Kier alpha value is -3.06. The molecule has 0 unspecified atom stereocenters. The highest BCUT2D eigenvalue weighted by molar-refractivity contribution is 6.30. The van der Waals surface area contributed by atoms with E-state index < -0.39 is 22.6 Å². The number of nitrogens with zero attached hydrogens (tertiary/aromatic N) is 3. The van der Waals surface area contributed by atoms with Gasteiger partial charge in [-0.1, -0.05) is 23.7 Å². The molecule has 0 fully saturated rings. The minimum absolute atomic E-state index is 0.185. The molecule has 0 aliphatic rings. The number of aromatic nitrogens is 2. The average Bonchev–Trinajstić information content (AvgIpc) is 2.59. The normalized spacial score (nSPS) is 10.9. The number of carbonyl (C=O) groups excluding carboxylic acids is 1. The molecule has 26 heavy (non-hydrogen) atoms. The van der Waals surface area contributed by atoms with Gasteiger partial charge >= 0.3 is 0 Å². The van der Waals surface area contributed by atoms with Gasteiger partial charge in [-0.05, 0) is 17.7 Å². The van der Waals surface area contributed by atoms with Crippen LogP contribution in [0, 0.1) is 0 Å². The summed E-state index contributed by atoms with van der Waals surface area (Å²) in [6.07, 6.45) is 4.28. The fraction of sp³-hybridized carbons (Fsp3) is 0.167. The summed E-state index contributed by atoms with van der Waals surface area (Å²) in [7, 11) is 2.99. The van der Waals surface area contributed by atoms with Crippen LogP contribution in [-0.4, -0.2) is 39.0 Å². The van der Waals surface area contributed by atoms with E-state index in [1.54, 1.807) is 18.2 Å². The molecular weight excluding hydrogens is 358 g/mol. The van der Waals surface area contributed by atoms with E-state index in [0.29, 0.717) is 5.02 Å². The quantitative estimate of drug-likeness (QED) is 0.755. The maximum Gasteiger partial charge on any atom is 0.279 e. The predicted octanol–water partition coefficient (Wildman–Crippen LogP) is 1.57. The number of aromatic hydroxyl groups is 1. The predicted molar refractivity (Wildman–Crippen MR) is 98.2 cm³/mol. The number of hydrogen-bond acceptors (Lipinski definition) is 4. The van der Waals surface area contributed by atoms with Crippen LogP contribution in [0.3, 0.4) is 0 Å². The summed E-state index contributed by atoms with van der Waals surface area (Å²) in [5.74, 6) is -1.30. The summed E-state index contributed by atoms with van der Waals surface area (Å²) in [5, 5.41) is 10.8. The SMILES string of the molecule is CN(C)C(=O)c1cn2ccn(Cc3cccc(Cl)c3)c(=O)c2c(O)c1=O. The first kappa shape index (κ1) is 17.8. The van der Waals surface area contributed by atoms with Crippen molar-refractivity contribution in [3.63, 3.8) is 0 Å². The maximum atomic E-state index is 12.7. The van der Waals surface area contributed by atoms with Crippen molar-refractivity contribution in [1.82, 2.24) is 13.9 Å². The summed E-state index contributed by atoms with van der Waals surface area (Å²) in [5.41, 5.74) is -1.02. The summed E-state index contributed by atoms with van der Waals surface area (Å²) >= 11 is 5.96. The molecule has 0 atom stereocenters. The number of halogens is 1. The topological polar surface area (TPSA) is 84.0 Å². The van der Waals surface area contributed by atoms with Gasteiger partial charge in [-0.3, -0.25) is 14.4 Å². The number of pyridine rings is 1. The molecule has 7 nitrogen and oxygen atoms in total. The minimum atomic E-state index is -0.874. The van der Waals surface area contributed by atoms with Crippen LogP contribution >= 0.6 is 11.6 Å². The fourth-order valence-corrected chi connectivity index (χ4v) is 2.87. The van der Waals surface area contributed by atoms with E-state index in [9.17, 15) is 19.5 Å². The zero-order valence-electron chi connectivity index (χ0n) is 14.1. The molecule has 0 bridgehead atoms. The van der Waals surface area contributed by atoms with Crippen LogP contribution in [0.2, 0.25) is 5.02 Å². The Bertz CT molecular complexity index is 1130. The van der Waals surface area contributed by atoms with Crippen molar-refractivity contribution >= 4 is 23.0 Å². The molecule has 2 heterocycles. The van der Waals surface area contributed by atoms with Crippen molar-refractivity contribution in [2.45, 2.75) is 6.54 Å². The zero-order valence-corrected chi connectivity index (χ0v) is 14.9. The molecule has 1 aromatic carbocycles. The fourth-order valence-electron chi connectivity index (χ4n) is 2.65. The first-order valence-corrected chi connectivity index (χ1v) is 8.11. The van der Waals surface area contributed by atoms with Gasteiger partial charge in [0.25, 0.3) is 11.5 Å². The molecule has 0 aliphatic heterocycles. The van der Waals surface area contributed by atoms with Gasteiger partial charge < -0.3 is 19.0 Å². The van der Waals surface area contributed by atoms with Crippen LogP contribution in [0.25, 0.3) is 5.52 Å². The minimum Gasteiger partial charge on any atom is -0.503 e. The number of benzene rings is 1. The Morgan fingerprint density at radius 1 is 1.23 bits per heavy atom. The van der Waals surface area contributed by atoms with Crippen LogP contribution in [0.5, 0.6) is 5.75 Å². The molecule has 134 valence electrons. The molecule has 2 aromatic heterocycles. The maximum absolute atomic E-state index is 12.7. The largest absolute Gasteiger partial charge is 0.503 e. The van der Waals surface area contributed by atoms with E-state index in [2.05, 4.69) is 0 Å². The average molecular weight is 374 g/mol. The summed E-state index contributed by atoms with van der Waals surface area (Å²) in [6, 6.07) is 7.03. The van der Waals surface area contributed by atoms with Gasteiger partial charge in [0.1, 0.15) is 5.56 Å². The van der Waals surface area contributed by atoms with E-state index >= 15 is 0 Å². The van der Waals surface area contributed by atoms with Crippen LogP contribution in [0.4, 0.5) is 0 Å². The van der Waals surface area contributed by atoms with Gasteiger partial charge in [-0.15, -0.1) is 0 Å². The van der Waals surface area contributed by atoms with Gasteiger partial charge in [0.2, 0.25) is 5.43 Å². The van der Waals surface area contributed by atoms with E-state index in [-0.39, 0.29) is 17.6 Å². The molecule has 0 saturated carbocycles. The van der Waals surface area contributed by atoms with E-state index in [1.165, 1.54) is 46.6 Å². The molecule has 1 amide bonds. The van der Waals surface area contributed by atoms with Crippen LogP contribution in [-0.2, 0) is 6.54 Å². The van der Waals surface area contributed by atoms with Gasteiger partial charge in [0, 0.05) is 37.7 Å². The van der Waals surface area contributed by atoms with Crippen molar-refractivity contribution in [1.29, 1.82) is 0 Å². The molecule has 0 spiro atoms. The molecule has 0 saturated heterocycles. The Kier molecular flexibility index (Phi) is 4.56. The van der Waals surface area contributed by atoms with Gasteiger partial charge in [0.15, 0.2) is 11.3 Å². The summed E-state index contributed by atoms with van der Waals surface area (Å²) < 4.78 is 2.64. The Morgan fingerprint density at radius 3 is 2.62 bits per heavy atom. The molecule has 3 rings (SSSR count). The lowest BCUT2D eigenvalue weighted by Crippen LogP contribution is -2.30. The lowest BCUT2D eigenvalue weighted by molar-refractivity contribution is 0.0825. The lowest BCUT2D eigenvalue weighted by atomic mass is 10.2. The smallest absolute Gasteiger partial charge is 0.279 e. The van der Waals surface area contributed by atoms with Crippen LogP contribution < -0.4 is 11.0 Å². The van der Waals surface area contributed by atoms with E-state index in [1.807, 2.05) is 6.07 Å². The van der Waals surface area contributed by atoms with Gasteiger partial charge in [0.05, 0.1) is 6.54 Å². The third kappa shape index (κ3) is 3.09. The second kappa shape index (κ2) is 6.68. The summed E-state index contributed by atoms with van der Waals surface area (Å²) in [4.78, 5) is 38.4. The standard InChI is InChI=1S/C18H16ClN3O4/c1-20(2)17(25)13-10-21-6-7-22(9-11-4-3-5-12(19)8-11)18(26)14(21)16(24)15(13)23/h3-8,10,24H,9H2,1-2H3. The van der Waals surface area contributed by atoms with Gasteiger partial charge in [-0.2, -0.15) is 0 Å². The van der Waals surface area contributed by atoms with Crippen molar-refractivity contribution in [2.75, 3.05) is 14.1 Å². The van der Waals surface area contributed by atoms with E-state index in [0.717, 1.165) is 5.56 Å². The number of amides is 1. The van der Waals surface area contributed by atoms with Gasteiger partial charge in [-0.25, -0.2) is 0 Å². The third-order valence-electron chi connectivity index (χ3n) is 3.96. The zero-order chi connectivity index (χ0) is 19.0. The van der Waals surface area contributed by atoms with Crippen molar-refractivity contribution in [3.8, 4) is 5.75 Å². The molecule has 1 N–H and O–H groups in total. The number of fused-ring (bicyclic) bond motifs is 1. The molecule has 0 radical (unpaired) electrons. The third-order valence-corrected chi connectivity index (χ3v) is 4.19. The monoisotopic (exact) mass is 373 g/mol. The second-order valence-electron chi connectivity index (χ2n) is 6.04. The Balaban J connectivity index is 2.17. The molecule has 3 aromatic rings. The van der Waals surface area contributed by atoms with Crippen molar-refractivity contribution < 1.29 is 9.90 Å².